The van der Waals surface area contributed by atoms with Crippen LogP contribution >= 0.6 is 11.3 Å². The van der Waals surface area contributed by atoms with Gasteiger partial charge in [0.25, 0.3) is 11.8 Å². The molecule has 22 nitrogen and oxygen atoms in total. The summed E-state index contributed by atoms with van der Waals surface area (Å²) in [5.74, 6) is -2.63. The monoisotopic (exact) mass is 1310 g/mol. The van der Waals surface area contributed by atoms with Gasteiger partial charge in [0.15, 0.2) is 5.13 Å². The van der Waals surface area contributed by atoms with Crippen LogP contribution in [0.3, 0.4) is 0 Å². The lowest BCUT2D eigenvalue weighted by molar-refractivity contribution is -0.183. The minimum Gasteiger partial charge on any atom is -0.495 e. The van der Waals surface area contributed by atoms with E-state index in [0.717, 1.165) is 60.1 Å². The summed E-state index contributed by atoms with van der Waals surface area (Å²) in [5.41, 5.74) is 3.55. The van der Waals surface area contributed by atoms with E-state index in [0.29, 0.717) is 120 Å². The molecule has 26 heteroatoms. The molecule has 2 saturated carbocycles. The molecule has 2 aliphatic carbocycles. The molecule has 0 radical (unpaired) electrons. The number of pyridine rings is 1. The molecule has 6 amide bonds. The highest BCUT2D eigenvalue weighted by atomic mass is 32.1. The van der Waals surface area contributed by atoms with Gasteiger partial charge >= 0.3 is 6.18 Å². The maximum Gasteiger partial charge on any atom is 0.391 e. The average Bonchev–Trinajstić information content (AvgIpc) is 1.65. The van der Waals surface area contributed by atoms with Crippen LogP contribution in [0.25, 0.3) is 17.3 Å². The first-order chi connectivity index (χ1) is 44.5. The number of benzene rings is 2. The van der Waals surface area contributed by atoms with Crippen LogP contribution in [-0.2, 0) is 65.4 Å². The summed E-state index contributed by atoms with van der Waals surface area (Å²) in [7, 11) is 4.89. The van der Waals surface area contributed by atoms with Crippen LogP contribution in [-0.4, -0.2) is 193 Å². The second-order valence-corrected chi connectivity index (χ2v) is 24.1. The van der Waals surface area contributed by atoms with E-state index in [-0.39, 0.29) is 91.9 Å². The lowest BCUT2D eigenvalue weighted by Gasteiger charge is -2.35. The van der Waals surface area contributed by atoms with Crippen LogP contribution in [0.5, 0.6) is 5.75 Å². The predicted octanol–water partition coefficient (Wildman–Crippen LogP) is 7.87. The highest BCUT2D eigenvalue weighted by molar-refractivity contribution is 7.20. The Morgan fingerprint density at radius 2 is 1.40 bits per heavy atom. The van der Waals surface area contributed by atoms with Gasteiger partial charge in [0.2, 0.25) is 23.6 Å². The van der Waals surface area contributed by atoms with E-state index in [1.165, 1.54) is 13.3 Å². The maximum atomic E-state index is 14.3. The van der Waals surface area contributed by atoms with E-state index < -0.39 is 42.0 Å². The first kappa shape index (κ1) is 72.5. The van der Waals surface area contributed by atoms with Gasteiger partial charge in [-0.1, -0.05) is 97.3 Å². The van der Waals surface area contributed by atoms with Gasteiger partial charge in [0.05, 0.1) is 104 Å². The summed E-state index contributed by atoms with van der Waals surface area (Å²) in [6, 6.07) is 16.3. The number of carbonyl (C=O) groups excluding carboxylic acids is 6. The molecule has 5 N–H and O–H groups in total. The highest BCUT2D eigenvalue weighted by Crippen LogP contribution is 2.41. The molecule has 92 heavy (non-hydrogen) atoms. The Balaban J connectivity index is 0.687. The zero-order valence-corrected chi connectivity index (χ0v) is 54.0. The Morgan fingerprint density at radius 1 is 0.761 bits per heavy atom. The van der Waals surface area contributed by atoms with E-state index in [4.69, 9.17) is 33.2 Å². The lowest BCUT2D eigenvalue weighted by atomic mass is 9.81. The summed E-state index contributed by atoms with van der Waals surface area (Å²) in [4.78, 5) is 92.6. The molecule has 3 fully saturated rings. The Hall–Kier alpha value is -6.91. The SMILES string of the molecule is CN[C@@H](C)C(=O)N[C@H](C(=O)N1CCC[C@H]1C(=O)Nc1sc(NC(=O)COCCOCCOCCOCCOCCOCCN(C)C(=O)Cc2cccc(CNC(=O)c3cc(/C=C/[C@H]4CC[C@H](C(F)(F)F)CC4)c(OC)cn3)c2)nc1-c1ccccc1)C1CCCCC1. The van der Waals surface area contributed by atoms with Crippen molar-refractivity contribution in [2.75, 3.05) is 124 Å². The van der Waals surface area contributed by atoms with Crippen LogP contribution in [0.4, 0.5) is 23.3 Å². The third-order valence-corrected chi connectivity index (χ3v) is 17.4. The van der Waals surface area contributed by atoms with Gasteiger partial charge in [0, 0.05) is 37.8 Å². The first-order valence-electron chi connectivity index (χ1n) is 31.8. The number of thiazole rings is 1. The molecule has 3 heterocycles. The van der Waals surface area contributed by atoms with Gasteiger partial charge in [0.1, 0.15) is 40.8 Å². The molecule has 2 aromatic carbocycles. The van der Waals surface area contributed by atoms with Crippen molar-refractivity contribution in [1.82, 2.24) is 35.7 Å². The summed E-state index contributed by atoms with van der Waals surface area (Å²) in [6.45, 7) is 6.03. The first-order valence-corrected chi connectivity index (χ1v) is 32.6. The Kier molecular flexibility index (Phi) is 30.2. The van der Waals surface area contributed by atoms with Crippen LogP contribution in [0.15, 0.2) is 72.9 Å². The van der Waals surface area contributed by atoms with Crippen LogP contribution in [0.2, 0.25) is 0 Å². The molecule has 3 aliphatic rings. The van der Waals surface area contributed by atoms with Gasteiger partial charge in [-0.3, -0.25) is 34.1 Å². The third kappa shape index (κ3) is 23.6. The van der Waals surface area contributed by atoms with Crippen molar-refractivity contribution in [3.8, 4) is 17.0 Å². The van der Waals surface area contributed by atoms with Gasteiger partial charge in [-0.25, -0.2) is 9.97 Å². The minimum atomic E-state index is -4.17. The van der Waals surface area contributed by atoms with E-state index in [1.54, 1.807) is 43.0 Å². The van der Waals surface area contributed by atoms with Crippen molar-refractivity contribution in [1.29, 1.82) is 0 Å². The molecule has 1 aliphatic heterocycles. The number of amides is 6. The zero-order valence-electron chi connectivity index (χ0n) is 53.2. The number of ether oxygens (including phenoxy) is 7. The lowest BCUT2D eigenvalue weighted by Crippen LogP contribution is -2.57. The number of rotatable bonds is 37. The molecule has 0 bridgehead atoms. The zero-order chi connectivity index (χ0) is 65.7. The summed E-state index contributed by atoms with van der Waals surface area (Å²) >= 11 is 1.11. The van der Waals surface area contributed by atoms with E-state index >= 15 is 0 Å². The van der Waals surface area contributed by atoms with E-state index in [9.17, 15) is 41.9 Å². The molecule has 7 rings (SSSR count). The van der Waals surface area contributed by atoms with Crippen molar-refractivity contribution in [3.63, 3.8) is 0 Å². The third-order valence-electron chi connectivity index (χ3n) is 16.5. The second-order valence-electron chi connectivity index (χ2n) is 23.1. The number of carbonyl (C=O) groups is 6. The van der Waals surface area contributed by atoms with Gasteiger partial charge in [-0.2, -0.15) is 13.2 Å². The number of hydrogen-bond donors (Lipinski definition) is 5. The number of nitrogens with zero attached hydrogens (tertiary/aromatic N) is 4. The van der Waals surface area contributed by atoms with Crippen LogP contribution < -0.4 is 31.3 Å². The normalized spacial score (nSPS) is 17.7. The van der Waals surface area contributed by atoms with E-state index in [2.05, 4.69) is 36.6 Å². The molecule has 0 unspecified atom stereocenters. The van der Waals surface area contributed by atoms with Crippen molar-refractivity contribution in [2.24, 2.45) is 17.8 Å². The molecule has 4 aromatic rings. The average molecular weight is 1310 g/mol. The molecule has 0 spiro atoms. The minimum absolute atomic E-state index is 0.000236. The predicted molar refractivity (Wildman–Crippen MR) is 342 cm³/mol. The molecule has 504 valence electrons. The molecule has 3 atom stereocenters. The van der Waals surface area contributed by atoms with Gasteiger partial charge < -0.3 is 64.2 Å². The number of anilines is 2. The van der Waals surface area contributed by atoms with Crippen molar-refractivity contribution < 1.29 is 75.1 Å². The maximum absolute atomic E-state index is 14.3. The number of aromatic nitrogens is 2. The number of allylic oxidation sites excluding steroid dienone is 1. The quantitative estimate of drug-likeness (QED) is 0.0269. The number of likely N-dealkylation sites (N-methyl/N-ethyl adjacent to an activating group) is 2. The van der Waals surface area contributed by atoms with Gasteiger partial charge in [-0.05, 0) is 94.4 Å². The van der Waals surface area contributed by atoms with Crippen LogP contribution in [0.1, 0.15) is 105 Å². The Labute approximate surface area is 540 Å². The number of hydrogen-bond acceptors (Lipinski definition) is 17. The number of likely N-dealkylation sites (tertiary alicyclic amines) is 1. The Morgan fingerprint density at radius 3 is 2.04 bits per heavy atom. The van der Waals surface area contributed by atoms with E-state index in [1.807, 2.05) is 60.7 Å². The largest absolute Gasteiger partial charge is 0.495 e. The highest BCUT2D eigenvalue weighted by Gasteiger charge is 2.43. The molecule has 2 aromatic heterocycles. The fourth-order valence-electron chi connectivity index (χ4n) is 11.1. The van der Waals surface area contributed by atoms with Crippen molar-refractivity contribution >= 4 is 63.0 Å². The van der Waals surface area contributed by atoms with Crippen molar-refractivity contribution in [2.45, 2.75) is 115 Å². The fourth-order valence-corrected chi connectivity index (χ4v) is 12.0. The smallest absolute Gasteiger partial charge is 0.391 e. The Bertz CT molecular complexity index is 3000. The second kappa shape index (κ2) is 38.3. The molecular weight excluding hydrogens is 1220 g/mol. The summed E-state index contributed by atoms with van der Waals surface area (Å²) in [6.07, 6.45) is 8.00. The summed E-state index contributed by atoms with van der Waals surface area (Å²) < 4.78 is 78.4. The van der Waals surface area contributed by atoms with Crippen LogP contribution in [0, 0.1) is 17.8 Å². The topological polar surface area (TPSA) is 259 Å². The summed E-state index contributed by atoms with van der Waals surface area (Å²) in [5, 5.41) is 15.3. The van der Waals surface area contributed by atoms with Gasteiger partial charge in [-0.15, -0.1) is 0 Å². The number of methoxy groups -OCH3 is 1. The van der Waals surface area contributed by atoms with Crippen molar-refractivity contribution in [3.05, 3.63) is 95.3 Å². The fraction of sp³-hybridized carbons (Fsp3) is 0.576. The molecular formula is C66H90F3N9O13S. The number of alkyl halides is 3. The standard InChI is InChI=1S/C66H90F3N9O13S/c1-45(70-2)60(81)74-59(50-17-9-6-10-18-50)64(84)78-26-12-19-54(78)62(83)76-63-58(49-15-7-5-8-16-49)75-65(92-63)73-56(79)44-91-38-37-90-36-35-89-34-33-88-32-31-87-30-29-86-28-27-77(3)57(80)40-47-13-11-14-48(39-47)42-72-61(82)53-41-51(55(85-4)43-71-53)23-20-46-21-24-52(25-22-46)66(67,68)69/h5,7-8,11,13-16,20,23,39,41,43,45-46,50,52,54,59,70H,6,9-10,12,17-19,21-22,24-38,40,42,44H2,1-4H3,(H,72,82)(H,74,81)(H,76,83)(H,73,75,79)/b23-20+/t45-,46-,52-,54-,59-/m0/s1. The number of halogens is 3. The number of nitrogens with one attached hydrogen (secondary N) is 5. The molecule has 1 saturated heterocycles.